The number of carbonyl (C=O) groups is 2. The van der Waals surface area contributed by atoms with Crippen molar-refractivity contribution in [1.82, 2.24) is 5.43 Å². The lowest BCUT2D eigenvalue weighted by Crippen LogP contribution is -2.16. The normalized spacial score (nSPS) is 10.9. The van der Waals surface area contributed by atoms with Gasteiger partial charge in [-0.05, 0) is 50.2 Å². The lowest BCUT2D eigenvalue weighted by Gasteiger charge is -2.02. The first kappa shape index (κ1) is 18.2. The van der Waals surface area contributed by atoms with Crippen LogP contribution in [-0.4, -0.2) is 24.7 Å². The van der Waals surface area contributed by atoms with E-state index in [1.165, 1.54) is 6.21 Å². The Morgan fingerprint density at radius 2 is 1.85 bits per heavy atom. The summed E-state index contributed by atoms with van der Waals surface area (Å²) in [5.74, 6) is 1.11. The first-order valence-electron chi connectivity index (χ1n) is 8.34. The lowest BCUT2D eigenvalue weighted by atomic mass is 10.1. The predicted octanol–water partition coefficient (Wildman–Crippen LogP) is 3.79. The van der Waals surface area contributed by atoms with E-state index in [0.717, 1.165) is 5.56 Å². The van der Waals surface area contributed by atoms with E-state index in [1.807, 2.05) is 0 Å². The zero-order valence-corrected chi connectivity index (χ0v) is 14.9. The molecule has 0 saturated carbocycles. The SMILES string of the molecule is CCOC(=O)c1ccc(-c2ccc(/C=N\NC(=O)c3ccc(C)o3)o2)cc1. The molecule has 0 fully saturated rings. The van der Waals surface area contributed by atoms with Crippen LogP contribution >= 0.6 is 0 Å². The molecule has 7 nitrogen and oxygen atoms in total. The van der Waals surface area contributed by atoms with E-state index in [-0.39, 0.29) is 11.7 Å². The fraction of sp³-hybridized carbons (Fsp3) is 0.150. The van der Waals surface area contributed by atoms with Gasteiger partial charge < -0.3 is 13.6 Å². The van der Waals surface area contributed by atoms with Crippen molar-refractivity contribution in [2.24, 2.45) is 5.10 Å². The molecule has 0 aliphatic heterocycles. The largest absolute Gasteiger partial charge is 0.462 e. The van der Waals surface area contributed by atoms with Crippen molar-refractivity contribution in [3.8, 4) is 11.3 Å². The second kappa shape index (κ2) is 8.18. The standard InChI is InChI=1S/C20H18N2O5/c1-3-25-20(24)15-7-5-14(6-8-15)17-11-9-16(27-17)12-21-22-19(23)18-10-4-13(2)26-18/h4-12H,3H2,1-2H3,(H,22,23)/b21-12-. The molecule has 0 unspecified atom stereocenters. The Morgan fingerprint density at radius 3 is 2.52 bits per heavy atom. The molecule has 27 heavy (non-hydrogen) atoms. The minimum Gasteiger partial charge on any atom is -0.462 e. The molecule has 0 saturated heterocycles. The quantitative estimate of drug-likeness (QED) is 0.407. The summed E-state index contributed by atoms with van der Waals surface area (Å²) in [7, 11) is 0. The summed E-state index contributed by atoms with van der Waals surface area (Å²) in [5.41, 5.74) is 3.65. The molecule has 7 heteroatoms. The highest BCUT2D eigenvalue weighted by Gasteiger charge is 2.10. The van der Waals surface area contributed by atoms with Gasteiger partial charge in [-0.15, -0.1) is 0 Å². The van der Waals surface area contributed by atoms with Gasteiger partial charge in [-0.25, -0.2) is 10.2 Å². The highest BCUT2D eigenvalue weighted by molar-refractivity contribution is 5.92. The van der Waals surface area contributed by atoms with Crippen LogP contribution in [-0.2, 0) is 4.74 Å². The number of carbonyl (C=O) groups excluding carboxylic acids is 2. The number of furan rings is 2. The maximum atomic E-state index is 11.8. The number of hydrogen-bond acceptors (Lipinski definition) is 6. The van der Waals surface area contributed by atoms with Gasteiger partial charge in [0.15, 0.2) is 5.76 Å². The average Bonchev–Trinajstić information content (AvgIpc) is 3.31. The second-order valence-electron chi connectivity index (χ2n) is 5.61. The number of ether oxygens (including phenoxy) is 1. The molecule has 0 bridgehead atoms. The van der Waals surface area contributed by atoms with E-state index in [4.69, 9.17) is 13.6 Å². The second-order valence-corrected chi connectivity index (χ2v) is 5.61. The molecular weight excluding hydrogens is 348 g/mol. The molecular formula is C20H18N2O5. The molecule has 2 aromatic heterocycles. The monoisotopic (exact) mass is 366 g/mol. The number of aryl methyl sites for hydroxylation is 1. The third-order valence-electron chi connectivity index (χ3n) is 3.63. The van der Waals surface area contributed by atoms with E-state index in [0.29, 0.717) is 29.5 Å². The number of hydrogen-bond donors (Lipinski definition) is 1. The zero-order valence-electron chi connectivity index (χ0n) is 14.9. The highest BCUT2D eigenvalue weighted by atomic mass is 16.5. The molecule has 3 rings (SSSR count). The van der Waals surface area contributed by atoms with Gasteiger partial charge in [-0.1, -0.05) is 12.1 Å². The molecule has 138 valence electrons. The maximum Gasteiger partial charge on any atom is 0.338 e. The van der Waals surface area contributed by atoms with Crippen LogP contribution in [0.5, 0.6) is 0 Å². The van der Waals surface area contributed by atoms with E-state index < -0.39 is 5.91 Å². The number of hydrazone groups is 1. The lowest BCUT2D eigenvalue weighted by molar-refractivity contribution is 0.0526. The van der Waals surface area contributed by atoms with Crippen LogP contribution in [0.25, 0.3) is 11.3 Å². The predicted molar refractivity (Wildman–Crippen MR) is 98.6 cm³/mol. The zero-order chi connectivity index (χ0) is 19.2. The van der Waals surface area contributed by atoms with E-state index >= 15 is 0 Å². The van der Waals surface area contributed by atoms with Crippen molar-refractivity contribution in [2.75, 3.05) is 6.61 Å². The number of rotatable bonds is 6. The molecule has 0 radical (unpaired) electrons. The molecule has 0 spiro atoms. The highest BCUT2D eigenvalue weighted by Crippen LogP contribution is 2.22. The van der Waals surface area contributed by atoms with Crippen molar-refractivity contribution >= 4 is 18.1 Å². The Balaban J connectivity index is 1.62. The van der Waals surface area contributed by atoms with E-state index in [1.54, 1.807) is 62.4 Å². The van der Waals surface area contributed by atoms with Crippen LogP contribution in [0.1, 0.15) is 39.4 Å². The van der Waals surface area contributed by atoms with Gasteiger partial charge in [0.2, 0.25) is 0 Å². The molecule has 1 aromatic carbocycles. The summed E-state index contributed by atoms with van der Waals surface area (Å²) in [6.07, 6.45) is 1.39. The Labute approximate surface area is 155 Å². The Hall–Kier alpha value is -3.61. The van der Waals surface area contributed by atoms with Crippen LogP contribution in [0.3, 0.4) is 0 Å². The topological polar surface area (TPSA) is 94.0 Å². The molecule has 2 heterocycles. The van der Waals surface area contributed by atoms with E-state index in [9.17, 15) is 9.59 Å². The van der Waals surface area contributed by atoms with Crippen LogP contribution in [0, 0.1) is 6.92 Å². The molecule has 1 amide bonds. The summed E-state index contributed by atoms with van der Waals surface area (Å²) in [4.78, 5) is 23.5. The van der Waals surface area contributed by atoms with Crippen molar-refractivity contribution in [2.45, 2.75) is 13.8 Å². The molecule has 0 aliphatic rings. The van der Waals surface area contributed by atoms with Gasteiger partial charge in [-0.2, -0.15) is 5.10 Å². The van der Waals surface area contributed by atoms with Gasteiger partial charge in [-0.3, -0.25) is 4.79 Å². The number of nitrogens with one attached hydrogen (secondary N) is 1. The van der Waals surface area contributed by atoms with E-state index in [2.05, 4.69) is 10.5 Å². The molecule has 1 N–H and O–H groups in total. The summed E-state index contributed by atoms with van der Waals surface area (Å²) in [6.45, 7) is 3.84. The first-order valence-corrected chi connectivity index (χ1v) is 8.34. The van der Waals surface area contributed by atoms with Gasteiger partial charge >= 0.3 is 11.9 Å². The molecule has 3 aromatic rings. The van der Waals surface area contributed by atoms with Gasteiger partial charge in [0.1, 0.15) is 17.3 Å². The summed E-state index contributed by atoms with van der Waals surface area (Å²) < 4.78 is 15.8. The maximum absolute atomic E-state index is 11.8. The number of benzene rings is 1. The minimum absolute atomic E-state index is 0.187. The fourth-order valence-corrected chi connectivity index (χ4v) is 2.33. The van der Waals surface area contributed by atoms with Crippen LogP contribution in [0.15, 0.2) is 62.5 Å². The summed E-state index contributed by atoms with van der Waals surface area (Å²) in [6, 6.07) is 13.7. The van der Waals surface area contributed by atoms with Gasteiger partial charge in [0.25, 0.3) is 0 Å². The Kier molecular flexibility index (Phi) is 5.51. The summed E-state index contributed by atoms with van der Waals surface area (Å²) >= 11 is 0. The Bertz CT molecular complexity index is 966. The van der Waals surface area contributed by atoms with Gasteiger partial charge in [0, 0.05) is 5.56 Å². The first-order chi connectivity index (χ1) is 13.1. The van der Waals surface area contributed by atoms with Crippen LogP contribution in [0.2, 0.25) is 0 Å². The van der Waals surface area contributed by atoms with Crippen molar-refractivity contribution < 1.29 is 23.2 Å². The Morgan fingerprint density at radius 1 is 1.07 bits per heavy atom. The van der Waals surface area contributed by atoms with Gasteiger partial charge in [0.05, 0.1) is 18.4 Å². The number of nitrogens with zero attached hydrogens (tertiary/aromatic N) is 1. The average molecular weight is 366 g/mol. The fourth-order valence-electron chi connectivity index (χ4n) is 2.33. The van der Waals surface area contributed by atoms with Crippen molar-refractivity contribution in [3.05, 3.63) is 71.4 Å². The third-order valence-corrected chi connectivity index (χ3v) is 3.63. The van der Waals surface area contributed by atoms with Crippen LogP contribution < -0.4 is 5.43 Å². The van der Waals surface area contributed by atoms with Crippen molar-refractivity contribution in [3.63, 3.8) is 0 Å². The number of esters is 1. The molecule has 0 aliphatic carbocycles. The summed E-state index contributed by atoms with van der Waals surface area (Å²) in [5, 5.41) is 3.85. The minimum atomic E-state index is -0.444. The van der Waals surface area contributed by atoms with Crippen LogP contribution in [0.4, 0.5) is 0 Å². The number of amides is 1. The van der Waals surface area contributed by atoms with Crippen molar-refractivity contribution in [1.29, 1.82) is 0 Å². The smallest absolute Gasteiger partial charge is 0.338 e. The molecule has 0 atom stereocenters. The third kappa shape index (κ3) is 4.52.